The summed E-state index contributed by atoms with van der Waals surface area (Å²) in [6, 6.07) is 11.4. The van der Waals surface area contributed by atoms with E-state index in [-0.39, 0.29) is 5.82 Å². The molecule has 1 aliphatic rings. The minimum atomic E-state index is -0.247. The highest BCUT2D eigenvalue weighted by atomic mass is 79.9. The van der Waals surface area contributed by atoms with Crippen LogP contribution < -0.4 is 5.32 Å². The second-order valence-electron chi connectivity index (χ2n) is 4.79. The summed E-state index contributed by atoms with van der Waals surface area (Å²) in [5.41, 5.74) is 3.41. The van der Waals surface area contributed by atoms with Crippen LogP contribution in [0.1, 0.15) is 11.1 Å². The summed E-state index contributed by atoms with van der Waals surface area (Å²) in [5.74, 6) is -0.247. The topological polar surface area (TPSA) is 12.0 Å². The molecule has 0 bridgehead atoms. The van der Waals surface area contributed by atoms with Gasteiger partial charge in [0, 0.05) is 16.8 Å². The molecule has 19 heavy (non-hydrogen) atoms. The lowest BCUT2D eigenvalue weighted by Crippen LogP contribution is -2.19. The van der Waals surface area contributed by atoms with Crippen molar-refractivity contribution in [2.45, 2.75) is 18.9 Å². The minimum absolute atomic E-state index is 0.247. The van der Waals surface area contributed by atoms with Crippen molar-refractivity contribution in [2.24, 2.45) is 0 Å². The normalized spacial score (nSPS) is 17.3. The summed E-state index contributed by atoms with van der Waals surface area (Å²) in [7, 11) is 0. The van der Waals surface area contributed by atoms with E-state index in [1.807, 2.05) is 18.2 Å². The first kappa shape index (κ1) is 12.9. The van der Waals surface area contributed by atoms with E-state index in [2.05, 4.69) is 27.3 Å². The smallest absolute Gasteiger partial charge is 0.139 e. The Kier molecular flexibility index (Phi) is 3.50. The van der Waals surface area contributed by atoms with Gasteiger partial charge in [-0.2, -0.15) is 0 Å². The number of halogens is 3. The van der Waals surface area contributed by atoms with Crippen molar-refractivity contribution in [3.05, 3.63) is 62.8 Å². The van der Waals surface area contributed by atoms with Crippen molar-refractivity contribution < 1.29 is 4.39 Å². The minimum Gasteiger partial charge on any atom is -0.382 e. The molecule has 3 rings (SSSR count). The summed E-state index contributed by atoms with van der Waals surface area (Å²) < 4.78 is 14.0. The highest BCUT2D eigenvalue weighted by Crippen LogP contribution is 2.28. The van der Waals surface area contributed by atoms with Crippen molar-refractivity contribution in [3.63, 3.8) is 0 Å². The molecule has 0 heterocycles. The maximum Gasteiger partial charge on any atom is 0.139 e. The third kappa shape index (κ3) is 2.77. The third-order valence-electron chi connectivity index (χ3n) is 3.39. The Bertz CT molecular complexity index is 630. The first-order valence-corrected chi connectivity index (χ1v) is 7.28. The standard InChI is InChI=1S/C15H12BrClFN/c16-14-4-3-12(8-15(14)18)19-13-6-9-1-2-11(17)5-10(9)7-13/h1-5,8,13,19H,6-7H2. The number of hydrogen-bond donors (Lipinski definition) is 1. The molecule has 1 aliphatic carbocycles. The molecule has 1 nitrogen and oxygen atoms in total. The summed E-state index contributed by atoms with van der Waals surface area (Å²) >= 11 is 9.15. The zero-order valence-corrected chi connectivity index (χ0v) is 12.4. The fourth-order valence-corrected chi connectivity index (χ4v) is 2.95. The van der Waals surface area contributed by atoms with Crippen molar-refractivity contribution in [1.29, 1.82) is 0 Å². The van der Waals surface area contributed by atoms with E-state index in [1.165, 1.54) is 17.2 Å². The molecular formula is C15H12BrClFN. The molecule has 2 aromatic carbocycles. The van der Waals surface area contributed by atoms with Crippen LogP contribution in [0.3, 0.4) is 0 Å². The molecular weight excluding hydrogens is 329 g/mol. The van der Waals surface area contributed by atoms with Crippen LogP contribution in [0.25, 0.3) is 0 Å². The van der Waals surface area contributed by atoms with Crippen LogP contribution in [0, 0.1) is 5.82 Å². The molecule has 0 aliphatic heterocycles. The Morgan fingerprint density at radius 2 is 1.89 bits per heavy atom. The summed E-state index contributed by atoms with van der Waals surface area (Å²) in [4.78, 5) is 0. The first-order valence-electron chi connectivity index (χ1n) is 6.11. The Morgan fingerprint density at radius 3 is 2.68 bits per heavy atom. The van der Waals surface area contributed by atoms with E-state index >= 15 is 0 Å². The Hall–Kier alpha value is -1.06. The number of fused-ring (bicyclic) bond motifs is 1. The monoisotopic (exact) mass is 339 g/mol. The van der Waals surface area contributed by atoms with Gasteiger partial charge in [-0.25, -0.2) is 4.39 Å². The van der Waals surface area contributed by atoms with Gasteiger partial charge in [-0.05, 0) is 70.2 Å². The number of hydrogen-bond acceptors (Lipinski definition) is 1. The maximum atomic E-state index is 13.5. The molecule has 1 N–H and O–H groups in total. The second kappa shape index (κ2) is 5.14. The highest BCUT2D eigenvalue weighted by Gasteiger charge is 2.21. The van der Waals surface area contributed by atoms with Gasteiger partial charge in [-0.1, -0.05) is 17.7 Å². The van der Waals surface area contributed by atoms with E-state index in [9.17, 15) is 4.39 Å². The quantitative estimate of drug-likeness (QED) is 0.826. The molecule has 1 atom stereocenters. The van der Waals surface area contributed by atoms with E-state index in [0.29, 0.717) is 10.5 Å². The number of rotatable bonds is 2. The van der Waals surface area contributed by atoms with Crippen molar-refractivity contribution in [3.8, 4) is 0 Å². The first-order chi connectivity index (χ1) is 9.11. The van der Waals surface area contributed by atoms with Crippen molar-refractivity contribution in [1.82, 2.24) is 0 Å². The lowest BCUT2D eigenvalue weighted by atomic mass is 10.1. The Labute approximate surface area is 124 Å². The van der Waals surface area contributed by atoms with Crippen LogP contribution in [-0.2, 0) is 12.8 Å². The largest absolute Gasteiger partial charge is 0.382 e. The zero-order valence-electron chi connectivity index (χ0n) is 10.1. The molecule has 0 fully saturated rings. The lowest BCUT2D eigenvalue weighted by Gasteiger charge is -2.13. The molecule has 1 unspecified atom stereocenters. The predicted octanol–water partition coefficient (Wildman–Crippen LogP) is 4.82. The molecule has 4 heteroatoms. The molecule has 0 saturated heterocycles. The molecule has 98 valence electrons. The average Bonchev–Trinajstić information content (AvgIpc) is 2.75. The maximum absolute atomic E-state index is 13.5. The molecule has 2 aromatic rings. The Morgan fingerprint density at radius 1 is 1.11 bits per heavy atom. The Balaban J connectivity index is 1.75. The summed E-state index contributed by atoms with van der Waals surface area (Å²) in [5, 5.41) is 4.14. The molecule has 0 radical (unpaired) electrons. The molecule has 0 spiro atoms. The van der Waals surface area contributed by atoms with Crippen LogP contribution in [-0.4, -0.2) is 6.04 Å². The van der Waals surface area contributed by atoms with E-state index in [1.54, 1.807) is 6.07 Å². The van der Waals surface area contributed by atoms with Gasteiger partial charge < -0.3 is 5.32 Å². The van der Waals surface area contributed by atoms with Gasteiger partial charge in [-0.3, -0.25) is 0 Å². The van der Waals surface area contributed by atoms with Crippen molar-refractivity contribution >= 4 is 33.2 Å². The van der Waals surface area contributed by atoms with E-state index in [0.717, 1.165) is 23.6 Å². The summed E-state index contributed by atoms with van der Waals surface area (Å²) in [6.45, 7) is 0. The summed E-state index contributed by atoms with van der Waals surface area (Å²) in [6.07, 6.45) is 1.87. The van der Waals surface area contributed by atoms with Gasteiger partial charge in [0.05, 0.1) is 4.47 Å². The fraction of sp³-hybridized carbons (Fsp3) is 0.200. The average molecular weight is 341 g/mol. The van der Waals surface area contributed by atoms with Crippen LogP contribution in [0.5, 0.6) is 0 Å². The fourth-order valence-electron chi connectivity index (χ4n) is 2.51. The van der Waals surface area contributed by atoms with Gasteiger partial charge in [0.25, 0.3) is 0 Å². The highest BCUT2D eigenvalue weighted by molar-refractivity contribution is 9.10. The third-order valence-corrected chi connectivity index (χ3v) is 4.27. The molecule has 0 saturated carbocycles. The SMILES string of the molecule is Fc1cc(NC2Cc3ccc(Cl)cc3C2)ccc1Br. The number of benzene rings is 2. The van der Waals surface area contributed by atoms with Gasteiger partial charge in [-0.15, -0.1) is 0 Å². The van der Waals surface area contributed by atoms with Crippen LogP contribution in [0.4, 0.5) is 10.1 Å². The van der Waals surface area contributed by atoms with Crippen LogP contribution >= 0.6 is 27.5 Å². The predicted molar refractivity (Wildman–Crippen MR) is 80.4 cm³/mol. The van der Waals surface area contributed by atoms with Crippen LogP contribution in [0.15, 0.2) is 40.9 Å². The molecule has 0 amide bonds. The van der Waals surface area contributed by atoms with E-state index < -0.39 is 0 Å². The van der Waals surface area contributed by atoms with Gasteiger partial charge >= 0.3 is 0 Å². The van der Waals surface area contributed by atoms with E-state index in [4.69, 9.17) is 11.6 Å². The zero-order chi connectivity index (χ0) is 13.4. The van der Waals surface area contributed by atoms with Crippen LogP contribution in [0.2, 0.25) is 5.02 Å². The van der Waals surface area contributed by atoms with Crippen molar-refractivity contribution in [2.75, 3.05) is 5.32 Å². The number of anilines is 1. The second-order valence-corrected chi connectivity index (χ2v) is 6.08. The van der Waals surface area contributed by atoms with Gasteiger partial charge in [0.2, 0.25) is 0 Å². The van der Waals surface area contributed by atoms with Gasteiger partial charge in [0.15, 0.2) is 0 Å². The molecule has 0 aromatic heterocycles. The van der Waals surface area contributed by atoms with Gasteiger partial charge in [0.1, 0.15) is 5.82 Å². The number of nitrogens with one attached hydrogen (secondary N) is 1. The lowest BCUT2D eigenvalue weighted by molar-refractivity contribution is 0.621.